The fraction of sp³-hybridized carbons (Fsp3) is 0.600. The van der Waals surface area contributed by atoms with Gasteiger partial charge in [-0.25, -0.2) is 0 Å². The molecule has 0 amide bonds. The Morgan fingerprint density at radius 2 is 1.76 bits per heavy atom. The van der Waals surface area contributed by atoms with Gasteiger partial charge in [-0.15, -0.1) is 0 Å². The molecule has 0 spiro atoms. The van der Waals surface area contributed by atoms with Crippen LogP contribution in [0.1, 0.15) is 38.7 Å². The predicted octanol–water partition coefficient (Wildman–Crippen LogP) is 4.01. The molecule has 1 N–H and O–H groups in total. The molecule has 1 aromatic carbocycles. The Hall–Kier alpha value is -0.530. The van der Waals surface area contributed by atoms with Gasteiger partial charge in [-0.1, -0.05) is 44.0 Å². The molecule has 1 aliphatic rings. The zero-order valence-corrected chi connectivity index (χ0v) is 11.7. The highest BCUT2D eigenvalue weighted by molar-refractivity contribution is 6.30. The Bertz CT molecular complexity index is 365. The minimum atomic E-state index is 0.327. The first kappa shape index (κ1) is 12.9. The van der Waals surface area contributed by atoms with Crippen molar-refractivity contribution in [1.29, 1.82) is 0 Å². The minimum absolute atomic E-state index is 0.327. The van der Waals surface area contributed by atoms with E-state index < -0.39 is 0 Å². The van der Waals surface area contributed by atoms with E-state index >= 15 is 0 Å². The van der Waals surface area contributed by atoms with Crippen LogP contribution < -0.4 is 5.32 Å². The van der Waals surface area contributed by atoms with Crippen molar-refractivity contribution in [2.45, 2.75) is 44.6 Å². The standard InChI is InChI=1S/C15H22ClN/c1-11(2)14(17-3)15(9-4-10-15)12-5-7-13(16)8-6-12/h5-8,11,14,17H,4,9-10H2,1-3H3. The van der Waals surface area contributed by atoms with Crippen LogP contribution in [0.2, 0.25) is 5.02 Å². The number of rotatable bonds is 4. The molecule has 1 nitrogen and oxygen atoms in total. The molecule has 0 saturated heterocycles. The van der Waals surface area contributed by atoms with Gasteiger partial charge in [-0.3, -0.25) is 0 Å². The summed E-state index contributed by atoms with van der Waals surface area (Å²) in [5.74, 6) is 0.649. The molecule has 1 saturated carbocycles. The number of hydrogen-bond donors (Lipinski definition) is 1. The molecule has 0 bridgehead atoms. The topological polar surface area (TPSA) is 12.0 Å². The molecule has 17 heavy (non-hydrogen) atoms. The predicted molar refractivity (Wildman–Crippen MR) is 74.7 cm³/mol. The Morgan fingerprint density at radius 3 is 2.12 bits per heavy atom. The Morgan fingerprint density at radius 1 is 1.18 bits per heavy atom. The largest absolute Gasteiger partial charge is 0.316 e. The van der Waals surface area contributed by atoms with Crippen LogP contribution >= 0.6 is 11.6 Å². The fourth-order valence-corrected chi connectivity index (χ4v) is 3.49. The summed E-state index contributed by atoms with van der Waals surface area (Å²) in [7, 11) is 2.08. The third-order valence-corrected chi connectivity index (χ3v) is 4.49. The summed E-state index contributed by atoms with van der Waals surface area (Å²) in [6, 6.07) is 8.99. The number of likely N-dealkylation sites (N-methyl/N-ethyl adjacent to an activating group) is 1. The molecule has 0 heterocycles. The maximum Gasteiger partial charge on any atom is 0.0406 e. The summed E-state index contributed by atoms with van der Waals surface area (Å²) in [6.07, 6.45) is 3.92. The summed E-state index contributed by atoms with van der Waals surface area (Å²) < 4.78 is 0. The number of halogens is 1. The van der Waals surface area contributed by atoms with Crippen molar-refractivity contribution in [2.75, 3.05) is 7.05 Å². The third-order valence-electron chi connectivity index (χ3n) is 4.24. The van der Waals surface area contributed by atoms with Crippen LogP contribution in [0.15, 0.2) is 24.3 Å². The second kappa shape index (κ2) is 4.99. The van der Waals surface area contributed by atoms with Gasteiger partial charge in [0.05, 0.1) is 0 Å². The van der Waals surface area contributed by atoms with Crippen LogP contribution in [-0.2, 0) is 5.41 Å². The van der Waals surface area contributed by atoms with Gasteiger partial charge in [0.2, 0.25) is 0 Å². The Balaban J connectivity index is 2.33. The van der Waals surface area contributed by atoms with Gasteiger partial charge >= 0.3 is 0 Å². The average Bonchev–Trinajstić information content (AvgIpc) is 2.24. The Kier molecular flexibility index (Phi) is 3.79. The van der Waals surface area contributed by atoms with Gasteiger partial charge in [-0.2, -0.15) is 0 Å². The van der Waals surface area contributed by atoms with Gasteiger partial charge in [-0.05, 0) is 43.5 Å². The quantitative estimate of drug-likeness (QED) is 0.853. The van der Waals surface area contributed by atoms with Crippen molar-refractivity contribution in [3.63, 3.8) is 0 Å². The summed E-state index contributed by atoms with van der Waals surface area (Å²) in [5.41, 5.74) is 1.77. The van der Waals surface area contributed by atoms with Crippen LogP contribution in [0.3, 0.4) is 0 Å². The van der Waals surface area contributed by atoms with E-state index in [1.165, 1.54) is 24.8 Å². The molecule has 0 radical (unpaired) electrons. The monoisotopic (exact) mass is 251 g/mol. The van der Waals surface area contributed by atoms with E-state index in [4.69, 9.17) is 11.6 Å². The van der Waals surface area contributed by atoms with Crippen molar-refractivity contribution in [3.05, 3.63) is 34.9 Å². The molecule has 1 fully saturated rings. The molecule has 94 valence electrons. The average molecular weight is 252 g/mol. The summed E-state index contributed by atoms with van der Waals surface area (Å²) in [4.78, 5) is 0. The van der Waals surface area contributed by atoms with Gasteiger partial charge in [0.25, 0.3) is 0 Å². The molecule has 2 heteroatoms. The summed E-state index contributed by atoms with van der Waals surface area (Å²) >= 11 is 5.98. The van der Waals surface area contributed by atoms with Crippen molar-refractivity contribution < 1.29 is 0 Å². The van der Waals surface area contributed by atoms with Gasteiger partial charge in [0.1, 0.15) is 0 Å². The lowest BCUT2D eigenvalue weighted by Crippen LogP contribution is -2.54. The molecular formula is C15H22ClN. The van der Waals surface area contributed by atoms with E-state index in [2.05, 4.69) is 38.3 Å². The van der Waals surface area contributed by atoms with Crippen molar-refractivity contribution in [1.82, 2.24) is 5.32 Å². The lowest BCUT2D eigenvalue weighted by atomic mass is 9.58. The first-order valence-corrected chi connectivity index (χ1v) is 6.91. The van der Waals surface area contributed by atoms with Crippen LogP contribution in [0.25, 0.3) is 0 Å². The SMILES string of the molecule is CNC(C(C)C)C1(c2ccc(Cl)cc2)CCC1. The third kappa shape index (κ3) is 2.23. The summed E-state index contributed by atoms with van der Waals surface area (Å²) in [6.45, 7) is 4.61. The lowest BCUT2D eigenvalue weighted by Gasteiger charge is -2.50. The lowest BCUT2D eigenvalue weighted by molar-refractivity contribution is 0.142. The molecule has 1 atom stereocenters. The molecular weight excluding hydrogens is 230 g/mol. The molecule has 0 aromatic heterocycles. The van der Waals surface area contributed by atoms with Crippen LogP contribution in [-0.4, -0.2) is 13.1 Å². The second-order valence-electron chi connectivity index (χ2n) is 5.53. The van der Waals surface area contributed by atoms with E-state index in [9.17, 15) is 0 Å². The fourth-order valence-electron chi connectivity index (χ4n) is 3.37. The van der Waals surface area contributed by atoms with Gasteiger partial charge < -0.3 is 5.32 Å². The van der Waals surface area contributed by atoms with E-state index in [1.54, 1.807) is 0 Å². The first-order valence-electron chi connectivity index (χ1n) is 6.53. The molecule has 1 unspecified atom stereocenters. The molecule has 1 aromatic rings. The van der Waals surface area contributed by atoms with Gasteiger partial charge in [0.15, 0.2) is 0 Å². The molecule has 0 aliphatic heterocycles. The molecule has 1 aliphatic carbocycles. The zero-order valence-electron chi connectivity index (χ0n) is 11.0. The van der Waals surface area contributed by atoms with E-state index in [1.807, 2.05) is 12.1 Å². The first-order chi connectivity index (χ1) is 8.10. The maximum absolute atomic E-state index is 5.98. The number of nitrogens with one attached hydrogen (secondary N) is 1. The van der Waals surface area contributed by atoms with Crippen molar-refractivity contribution in [3.8, 4) is 0 Å². The van der Waals surface area contributed by atoms with E-state index in [0.29, 0.717) is 17.4 Å². The smallest absolute Gasteiger partial charge is 0.0406 e. The van der Waals surface area contributed by atoms with Crippen LogP contribution in [0.5, 0.6) is 0 Å². The van der Waals surface area contributed by atoms with E-state index in [-0.39, 0.29) is 0 Å². The highest BCUT2D eigenvalue weighted by Crippen LogP contribution is 2.48. The number of hydrogen-bond acceptors (Lipinski definition) is 1. The van der Waals surface area contributed by atoms with E-state index in [0.717, 1.165) is 5.02 Å². The van der Waals surface area contributed by atoms with Crippen molar-refractivity contribution >= 4 is 11.6 Å². The van der Waals surface area contributed by atoms with Crippen molar-refractivity contribution in [2.24, 2.45) is 5.92 Å². The Labute approximate surface area is 110 Å². The zero-order chi connectivity index (χ0) is 12.5. The number of benzene rings is 1. The van der Waals surface area contributed by atoms with Crippen LogP contribution in [0, 0.1) is 5.92 Å². The highest BCUT2D eigenvalue weighted by atomic mass is 35.5. The van der Waals surface area contributed by atoms with Gasteiger partial charge in [0, 0.05) is 16.5 Å². The van der Waals surface area contributed by atoms with Crippen LogP contribution in [0.4, 0.5) is 0 Å². The summed E-state index contributed by atoms with van der Waals surface area (Å²) in [5, 5.41) is 4.35. The highest BCUT2D eigenvalue weighted by Gasteiger charge is 2.45. The molecule has 2 rings (SSSR count). The second-order valence-corrected chi connectivity index (χ2v) is 5.96. The minimum Gasteiger partial charge on any atom is -0.316 e. The maximum atomic E-state index is 5.98. The normalized spacial score (nSPS) is 20.1.